The fourth-order valence-corrected chi connectivity index (χ4v) is 4.15. The third-order valence-electron chi connectivity index (χ3n) is 4.35. The van der Waals surface area contributed by atoms with Gasteiger partial charge in [-0.25, -0.2) is 9.78 Å². The van der Waals surface area contributed by atoms with Crippen molar-refractivity contribution in [1.82, 2.24) is 9.55 Å². The monoisotopic (exact) mass is 414 g/mol. The van der Waals surface area contributed by atoms with Crippen molar-refractivity contribution >= 4 is 39.1 Å². The molecule has 0 radical (unpaired) electrons. The Kier molecular flexibility index (Phi) is 4.78. The molecular formula is C20H15ClN2O4S. The smallest absolute Gasteiger partial charge is 0.371 e. The van der Waals surface area contributed by atoms with Gasteiger partial charge in [-0.15, -0.1) is 11.3 Å². The molecule has 0 spiro atoms. The van der Waals surface area contributed by atoms with Crippen molar-refractivity contribution in [2.45, 2.75) is 19.9 Å². The molecule has 0 saturated heterocycles. The summed E-state index contributed by atoms with van der Waals surface area (Å²) in [5, 5.41) is 10.1. The van der Waals surface area contributed by atoms with Gasteiger partial charge in [0, 0.05) is 10.4 Å². The van der Waals surface area contributed by atoms with Gasteiger partial charge in [0.2, 0.25) is 5.76 Å². The Morgan fingerprint density at radius 1 is 1.29 bits per heavy atom. The summed E-state index contributed by atoms with van der Waals surface area (Å²) in [6, 6.07) is 11.9. The van der Waals surface area contributed by atoms with Crippen LogP contribution in [0.2, 0.25) is 5.02 Å². The molecule has 0 atom stereocenters. The van der Waals surface area contributed by atoms with Crippen LogP contribution in [0.4, 0.5) is 0 Å². The van der Waals surface area contributed by atoms with Crippen LogP contribution in [-0.4, -0.2) is 20.6 Å². The van der Waals surface area contributed by atoms with Crippen LogP contribution in [0.25, 0.3) is 21.6 Å². The van der Waals surface area contributed by atoms with E-state index in [0.29, 0.717) is 32.4 Å². The van der Waals surface area contributed by atoms with Crippen LogP contribution >= 0.6 is 22.9 Å². The Hall–Kier alpha value is -2.90. The van der Waals surface area contributed by atoms with Gasteiger partial charge in [-0.3, -0.25) is 9.36 Å². The summed E-state index contributed by atoms with van der Waals surface area (Å²) < 4.78 is 6.82. The number of hydrogen-bond donors (Lipinski definition) is 1. The number of furan rings is 1. The number of aromatic carboxylic acids is 1. The fourth-order valence-electron chi connectivity index (χ4n) is 2.97. The summed E-state index contributed by atoms with van der Waals surface area (Å²) in [5.41, 5.74) is 0.406. The van der Waals surface area contributed by atoms with Crippen molar-refractivity contribution in [2.75, 3.05) is 0 Å². The molecule has 0 fully saturated rings. The number of rotatable bonds is 5. The molecule has 1 aromatic carbocycles. The number of thiophene rings is 1. The first kappa shape index (κ1) is 18.5. The lowest BCUT2D eigenvalue weighted by Gasteiger charge is -2.12. The number of halogens is 1. The number of carboxylic acids is 1. The lowest BCUT2D eigenvalue weighted by atomic mass is 10.2. The van der Waals surface area contributed by atoms with Crippen molar-refractivity contribution in [3.05, 3.63) is 74.2 Å². The van der Waals surface area contributed by atoms with E-state index in [-0.39, 0.29) is 17.9 Å². The molecule has 6 nitrogen and oxygen atoms in total. The predicted octanol–water partition coefficient (Wildman–Crippen LogP) is 4.68. The van der Waals surface area contributed by atoms with Crippen molar-refractivity contribution in [3.63, 3.8) is 0 Å². The van der Waals surface area contributed by atoms with E-state index < -0.39 is 5.97 Å². The first-order chi connectivity index (χ1) is 13.5. The van der Waals surface area contributed by atoms with E-state index in [2.05, 4.69) is 0 Å². The van der Waals surface area contributed by atoms with E-state index in [9.17, 15) is 9.59 Å². The number of benzene rings is 1. The van der Waals surface area contributed by atoms with E-state index >= 15 is 0 Å². The minimum Gasteiger partial charge on any atom is -0.475 e. The van der Waals surface area contributed by atoms with E-state index in [1.165, 1.54) is 22.0 Å². The number of aryl methyl sites for hydroxylation is 1. The number of aromatic nitrogens is 2. The molecule has 142 valence electrons. The SMILES string of the molecule is CCc1cc2c(=O)n(Cc3ccc(C(=O)O)o3)c(-c3ccccc3Cl)nc2s1. The van der Waals surface area contributed by atoms with Gasteiger partial charge in [-0.1, -0.05) is 30.7 Å². The molecule has 0 aliphatic rings. The molecule has 0 unspecified atom stereocenters. The maximum Gasteiger partial charge on any atom is 0.371 e. The second-order valence-corrected chi connectivity index (χ2v) is 7.69. The summed E-state index contributed by atoms with van der Waals surface area (Å²) in [6.07, 6.45) is 0.808. The standard InChI is InChI=1S/C20H15ClN2O4S/c1-2-12-9-14-18(28-12)22-17(13-5-3-4-6-15(13)21)23(19(14)24)10-11-7-8-16(27-11)20(25)26/h3-9H,2,10H2,1H3,(H,25,26). The molecular weight excluding hydrogens is 400 g/mol. The highest BCUT2D eigenvalue weighted by Crippen LogP contribution is 2.29. The largest absolute Gasteiger partial charge is 0.475 e. The first-order valence-corrected chi connectivity index (χ1v) is 9.77. The fraction of sp³-hybridized carbons (Fsp3) is 0.150. The summed E-state index contributed by atoms with van der Waals surface area (Å²) in [7, 11) is 0. The summed E-state index contributed by atoms with van der Waals surface area (Å²) in [5.74, 6) is -0.579. The Labute approximate surface area is 168 Å². The van der Waals surface area contributed by atoms with Crippen LogP contribution in [0.3, 0.4) is 0 Å². The average Bonchev–Trinajstić information content (AvgIpc) is 3.31. The van der Waals surface area contributed by atoms with Gasteiger partial charge in [0.1, 0.15) is 16.4 Å². The molecule has 8 heteroatoms. The molecule has 0 aliphatic carbocycles. The van der Waals surface area contributed by atoms with Crippen molar-refractivity contribution in [1.29, 1.82) is 0 Å². The number of hydrogen-bond acceptors (Lipinski definition) is 5. The van der Waals surface area contributed by atoms with Crippen LogP contribution < -0.4 is 5.56 Å². The van der Waals surface area contributed by atoms with Crippen LogP contribution in [0.15, 0.2) is 51.7 Å². The first-order valence-electron chi connectivity index (χ1n) is 8.58. The Bertz CT molecular complexity index is 1250. The zero-order chi connectivity index (χ0) is 19.8. The van der Waals surface area contributed by atoms with Gasteiger partial charge in [-0.05, 0) is 36.8 Å². The second-order valence-electron chi connectivity index (χ2n) is 6.16. The maximum absolute atomic E-state index is 13.2. The van der Waals surface area contributed by atoms with Crippen LogP contribution in [0.1, 0.15) is 28.1 Å². The Morgan fingerprint density at radius 2 is 2.07 bits per heavy atom. The predicted molar refractivity (Wildman–Crippen MR) is 108 cm³/mol. The van der Waals surface area contributed by atoms with E-state index in [4.69, 9.17) is 26.1 Å². The third kappa shape index (κ3) is 3.23. The topological polar surface area (TPSA) is 85.3 Å². The molecule has 4 aromatic rings. The number of carboxylic acid groups (broad SMARTS) is 1. The van der Waals surface area contributed by atoms with Gasteiger partial charge in [0.25, 0.3) is 5.56 Å². The van der Waals surface area contributed by atoms with Crippen LogP contribution in [0.5, 0.6) is 0 Å². The highest BCUT2D eigenvalue weighted by atomic mass is 35.5. The molecule has 0 amide bonds. The van der Waals surface area contributed by atoms with Gasteiger partial charge < -0.3 is 9.52 Å². The van der Waals surface area contributed by atoms with Gasteiger partial charge in [-0.2, -0.15) is 0 Å². The zero-order valence-electron chi connectivity index (χ0n) is 14.8. The molecule has 1 N–H and O–H groups in total. The van der Waals surface area contributed by atoms with E-state index in [1.807, 2.05) is 19.1 Å². The van der Waals surface area contributed by atoms with Crippen molar-refractivity contribution in [2.24, 2.45) is 0 Å². The number of fused-ring (bicyclic) bond motifs is 1. The number of nitrogens with zero attached hydrogens (tertiary/aromatic N) is 2. The maximum atomic E-state index is 13.2. The minimum absolute atomic E-state index is 0.0485. The average molecular weight is 415 g/mol. The van der Waals surface area contributed by atoms with E-state index in [1.54, 1.807) is 24.3 Å². The normalized spacial score (nSPS) is 11.2. The van der Waals surface area contributed by atoms with Gasteiger partial charge in [0.05, 0.1) is 17.0 Å². The lowest BCUT2D eigenvalue weighted by molar-refractivity contribution is 0.0660. The van der Waals surface area contributed by atoms with Crippen LogP contribution in [-0.2, 0) is 13.0 Å². The molecule has 0 aliphatic heterocycles. The van der Waals surface area contributed by atoms with Crippen LogP contribution in [0, 0.1) is 0 Å². The van der Waals surface area contributed by atoms with E-state index in [0.717, 1.165) is 11.3 Å². The quantitative estimate of drug-likeness (QED) is 0.512. The second kappa shape index (κ2) is 7.26. The lowest BCUT2D eigenvalue weighted by Crippen LogP contribution is -2.23. The molecule has 28 heavy (non-hydrogen) atoms. The minimum atomic E-state index is -1.16. The Morgan fingerprint density at radius 3 is 2.75 bits per heavy atom. The van der Waals surface area contributed by atoms with Crippen molar-refractivity contribution < 1.29 is 14.3 Å². The molecule has 3 aromatic heterocycles. The molecule has 3 heterocycles. The molecule has 0 bridgehead atoms. The summed E-state index contributed by atoms with van der Waals surface area (Å²) in [6.45, 7) is 2.07. The zero-order valence-corrected chi connectivity index (χ0v) is 16.4. The highest BCUT2D eigenvalue weighted by molar-refractivity contribution is 7.18. The summed E-state index contributed by atoms with van der Waals surface area (Å²) in [4.78, 5) is 30.8. The highest BCUT2D eigenvalue weighted by Gasteiger charge is 2.19. The molecule has 0 saturated carbocycles. The third-order valence-corrected chi connectivity index (χ3v) is 5.85. The number of carbonyl (C=O) groups is 1. The van der Waals surface area contributed by atoms with Crippen molar-refractivity contribution in [3.8, 4) is 11.4 Å². The van der Waals surface area contributed by atoms with Gasteiger partial charge >= 0.3 is 5.97 Å². The molecule has 4 rings (SSSR count). The Balaban J connectivity index is 1.94. The summed E-state index contributed by atoms with van der Waals surface area (Å²) >= 11 is 7.84. The van der Waals surface area contributed by atoms with Gasteiger partial charge in [0.15, 0.2) is 0 Å².